The largest absolute Gasteiger partial charge is 0.456 e. The Hall–Kier alpha value is -7.16. The van der Waals surface area contributed by atoms with Crippen molar-refractivity contribution < 1.29 is 4.74 Å². The predicted molar refractivity (Wildman–Crippen MR) is 238 cm³/mol. The van der Waals surface area contributed by atoms with Gasteiger partial charge >= 0.3 is 0 Å². The van der Waals surface area contributed by atoms with Crippen LogP contribution in [0.25, 0.3) is 66.4 Å². The van der Waals surface area contributed by atoms with Gasteiger partial charge in [-0.05, 0) is 121 Å². The summed E-state index contributed by atoms with van der Waals surface area (Å²) in [7, 11) is 0. The fourth-order valence-electron chi connectivity index (χ4n) is 9.14. The van der Waals surface area contributed by atoms with Crippen molar-refractivity contribution in [1.82, 2.24) is 0 Å². The van der Waals surface area contributed by atoms with E-state index in [4.69, 9.17) is 4.74 Å². The minimum atomic E-state index is -0.134. The molecule has 0 bridgehead atoms. The first kappa shape index (κ1) is 33.2. The highest BCUT2D eigenvalue weighted by Gasteiger charge is 2.36. The van der Waals surface area contributed by atoms with E-state index in [2.05, 4.69) is 219 Å². The van der Waals surface area contributed by atoms with Crippen molar-refractivity contribution in [2.24, 2.45) is 0 Å². The van der Waals surface area contributed by atoms with Gasteiger partial charge in [0, 0.05) is 39.7 Å². The second-order valence-corrected chi connectivity index (χ2v) is 15.8. The molecule has 57 heavy (non-hydrogen) atoms. The first-order valence-corrected chi connectivity index (χ1v) is 19.7. The molecule has 1 aliphatic heterocycles. The molecule has 2 heteroatoms. The second kappa shape index (κ2) is 13.0. The zero-order valence-electron chi connectivity index (χ0n) is 31.9. The molecule has 0 fully saturated rings. The van der Waals surface area contributed by atoms with Gasteiger partial charge in [-0.15, -0.1) is 0 Å². The lowest BCUT2D eigenvalue weighted by atomic mass is 9.82. The van der Waals surface area contributed by atoms with Gasteiger partial charge in [-0.25, -0.2) is 0 Å². The third kappa shape index (κ3) is 5.48. The zero-order chi connectivity index (χ0) is 38.1. The first-order valence-electron chi connectivity index (χ1n) is 19.7. The fraction of sp³-hybridized carbons (Fsp3) is 0.0545. The Labute approximate surface area is 333 Å². The molecule has 2 aliphatic rings. The summed E-state index contributed by atoms with van der Waals surface area (Å²) in [5.74, 6) is 1.68. The van der Waals surface area contributed by atoms with Crippen LogP contribution in [0.3, 0.4) is 0 Å². The molecule has 11 rings (SSSR count). The third-order valence-corrected chi connectivity index (χ3v) is 12.0. The van der Waals surface area contributed by atoms with Crippen LogP contribution in [0.2, 0.25) is 0 Å². The van der Waals surface area contributed by atoms with Crippen molar-refractivity contribution in [3.8, 4) is 67.1 Å². The fourth-order valence-corrected chi connectivity index (χ4v) is 9.14. The Morgan fingerprint density at radius 2 is 0.895 bits per heavy atom. The molecule has 0 spiro atoms. The molecule has 9 aromatic carbocycles. The number of fused-ring (bicyclic) bond motifs is 9. The molecule has 0 amide bonds. The normalized spacial score (nSPS) is 13.0. The molecule has 0 radical (unpaired) electrons. The lowest BCUT2D eigenvalue weighted by molar-refractivity contribution is 0.488. The molecule has 0 saturated heterocycles. The SMILES string of the molecule is CC1(C)c2ccccc2-c2ccc(N(c3cccc(-c4ccccc4)c3)c3ccc4c(c3)Oc3cc5ccccc5cc3-c3cc(-c5ccccc5)ccc3-4)cc21. The van der Waals surface area contributed by atoms with Crippen molar-refractivity contribution in [3.63, 3.8) is 0 Å². The van der Waals surface area contributed by atoms with Crippen molar-refractivity contribution in [2.45, 2.75) is 19.3 Å². The van der Waals surface area contributed by atoms with E-state index in [0.29, 0.717) is 0 Å². The smallest absolute Gasteiger partial charge is 0.137 e. The van der Waals surface area contributed by atoms with Gasteiger partial charge in [0.2, 0.25) is 0 Å². The molecule has 9 aromatic rings. The van der Waals surface area contributed by atoms with Gasteiger partial charge in [-0.3, -0.25) is 0 Å². The zero-order valence-corrected chi connectivity index (χ0v) is 31.9. The van der Waals surface area contributed by atoms with Gasteiger partial charge in [0.05, 0.1) is 0 Å². The number of hydrogen-bond donors (Lipinski definition) is 0. The summed E-state index contributed by atoms with van der Waals surface area (Å²) >= 11 is 0. The summed E-state index contributed by atoms with van der Waals surface area (Å²) in [6.45, 7) is 4.69. The van der Waals surface area contributed by atoms with E-state index in [0.717, 1.165) is 56.2 Å². The lowest BCUT2D eigenvalue weighted by Gasteiger charge is -2.29. The number of nitrogens with zero attached hydrogens (tertiary/aromatic N) is 1. The minimum absolute atomic E-state index is 0.134. The van der Waals surface area contributed by atoms with E-state index in [1.54, 1.807) is 0 Å². The van der Waals surface area contributed by atoms with E-state index in [-0.39, 0.29) is 5.41 Å². The number of rotatable bonds is 5. The quantitative estimate of drug-likeness (QED) is 0.175. The molecule has 1 heterocycles. The maximum absolute atomic E-state index is 7.12. The number of ether oxygens (including phenoxy) is 1. The van der Waals surface area contributed by atoms with Gasteiger partial charge < -0.3 is 9.64 Å². The average molecular weight is 730 g/mol. The van der Waals surface area contributed by atoms with E-state index < -0.39 is 0 Å². The standard InChI is InChI=1S/C55H39NO/c1-55(2)51-23-12-11-22-46(51)47-28-25-43(34-52(47)55)56(42-21-13-20-38(30-42)36-14-5-3-6-15-36)44-26-29-48-45-27-24-41(37-16-7-4-8-17-37)31-49(45)50-32-39-18-9-10-19-40(39)33-53(50)57-54(48)35-44/h3-35H,1-2H3. The average Bonchev–Trinajstić information content (AvgIpc) is 3.40. The van der Waals surface area contributed by atoms with E-state index in [1.807, 2.05) is 0 Å². The van der Waals surface area contributed by atoms with Crippen LogP contribution in [-0.2, 0) is 5.41 Å². The summed E-state index contributed by atoms with van der Waals surface area (Å²) in [5.41, 5.74) is 17.6. The Morgan fingerprint density at radius 1 is 0.333 bits per heavy atom. The van der Waals surface area contributed by atoms with E-state index in [1.165, 1.54) is 49.9 Å². The number of anilines is 3. The molecular weight excluding hydrogens is 691 g/mol. The molecule has 1 aliphatic carbocycles. The van der Waals surface area contributed by atoms with Crippen LogP contribution in [0.5, 0.6) is 11.5 Å². The summed E-state index contributed by atoms with van der Waals surface area (Å²) in [6, 6.07) is 72.6. The maximum Gasteiger partial charge on any atom is 0.137 e. The second-order valence-electron chi connectivity index (χ2n) is 15.8. The van der Waals surface area contributed by atoms with Gasteiger partial charge in [0.25, 0.3) is 0 Å². The summed E-state index contributed by atoms with van der Waals surface area (Å²) in [6.07, 6.45) is 0. The van der Waals surface area contributed by atoms with E-state index in [9.17, 15) is 0 Å². The van der Waals surface area contributed by atoms with Crippen LogP contribution >= 0.6 is 0 Å². The van der Waals surface area contributed by atoms with Gasteiger partial charge in [-0.1, -0.05) is 153 Å². The summed E-state index contributed by atoms with van der Waals surface area (Å²) in [4.78, 5) is 2.39. The Bertz CT molecular complexity index is 3020. The number of hydrogen-bond acceptors (Lipinski definition) is 2. The van der Waals surface area contributed by atoms with Crippen LogP contribution in [0.4, 0.5) is 17.1 Å². The Morgan fingerprint density at radius 3 is 1.67 bits per heavy atom. The molecule has 0 unspecified atom stereocenters. The molecule has 0 atom stereocenters. The molecule has 0 N–H and O–H groups in total. The van der Waals surface area contributed by atoms with Crippen LogP contribution in [-0.4, -0.2) is 0 Å². The van der Waals surface area contributed by atoms with Crippen LogP contribution in [0.1, 0.15) is 25.0 Å². The van der Waals surface area contributed by atoms with Crippen LogP contribution < -0.4 is 9.64 Å². The van der Waals surface area contributed by atoms with E-state index >= 15 is 0 Å². The van der Waals surface area contributed by atoms with Crippen molar-refractivity contribution in [1.29, 1.82) is 0 Å². The van der Waals surface area contributed by atoms with Crippen molar-refractivity contribution in [3.05, 3.63) is 211 Å². The Balaban J connectivity index is 1.11. The highest BCUT2D eigenvalue weighted by atomic mass is 16.5. The highest BCUT2D eigenvalue weighted by Crippen LogP contribution is 2.53. The van der Waals surface area contributed by atoms with Gasteiger partial charge in [0.1, 0.15) is 11.5 Å². The van der Waals surface area contributed by atoms with Crippen LogP contribution in [0, 0.1) is 0 Å². The highest BCUT2D eigenvalue weighted by molar-refractivity contribution is 5.99. The maximum atomic E-state index is 7.12. The molecule has 0 saturated carbocycles. The third-order valence-electron chi connectivity index (χ3n) is 12.0. The number of benzene rings is 9. The van der Waals surface area contributed by atoms with Crippen LogP contribution in [0.15, 0.2) is 200 Å². The topological polar surface area (TPSA) is 12.5 Å². The monoisotopic (exact) mass is 729 g/mol. The minimum Gasteiger partial charge on any atom is -0.456 e. The molecule has 270 valence electrons. The van der Waals surface area contributed by atoms with Crippen molar-refractivity contribution in [2.75, 3.05) is 4.90 Å². The molecule has 0 aromatic heterocycles. The summed E-state index contributed by atoms with van der Waals surface area (Å²) in [5, 5.41) is 2.34. The first-order chi connectivity index (χ1) is 28.0. The summed E-state index contributed by atoms with van der Waals surface area (Å²) < 4.78 is 7.12. The molecule has 2 nitrogen and oxygen atoms in total. The van der Waals surface area contributed by atoms with Gasteiger partial charge in [-0.2, -0.15) is 0 Å². The molecular formula is C55H39NO. The Kier molecular flexibility index (Phi) is 7.55. The lowest BCUT2D eigenvalue weighted by Crippen LogP contribution is -2.16. The predicted octanol–water partition coefficient (Wildman–Crippen LogP) is 15.4. The van der Waals surface area contributed by atoms with Crippen molar-refractivity contribution >= 4 is 27.8 Å². The van der Waals surface area contributed by atoms with Gasteiger partial charge in [0.15, 0.2) is 0 Å².